The van der Waals surface area contributed by atoms with Gasteiger partial charge in [-0.05, 0) is 38.8 Å². The fraction of sp³-hybridized carbons (Fsp3) is 0.444. The first kappa shape index (κ1) is 26.4. The molecule has 3 N–H and O–H groups in total. The van der Waals surface area contributed by atoms with Crippen molar-refractivity contribution in [3.8, 4) is 0 Å². The molecule has 0 spiro atoms. The second kappa shape index (κ2) is 10.5. The van der Waals surface area contributed by atoms with Gasteiger partial charge in [0.2, 0.25) is 5.95 Å². The largest absolute Gasteiger partial charge is 0.341 e. The number of benzene rings is 1. The molecule has 12 heteroatoms. The molecule has 39 heavy (non-hydrogen) atoms. The van der Waals surface area contributed by atoms with Gasteiger partial charge < -0.3 is 20.5 Å². The highest BCUT2D eigenvalue weighted by Crippen LogP contribution is 2.24. The van der Waals surface area contributed by atoms with Crippen molar-refractivity contribution < 1.29 is 9.59 Å². The van der Waals surface area contributed by atoms with Crippen molar-refractivity contribution in [3.05, 3.63) is 62.3 Å². The number of fused-ring (bicyclic) bond motifs is 1. The van der Waals surface area contributed by atoms with Crippen molar-refractivity contribution in [1.82, 2.24) is 24.0 Å². The molecule has 206 valence electrons. The van der Waals surface area contributed by atoms with Gasteiger partial charge >= 0.3 is 11.7 Å². The highest BCUT2D eigenvalue weighted by atomic mass is 16.2. The van der Waals surface area contributed by atoms with E-state index >= 15 is 0 Å². The van der Waals surface area contributed by atoms with Gasteiger partial charge in [-0.15, -0.1) is 0 Å². The number of hydrogen-bond acceptors (Lipinski definition) is 7. The number of amides is 2. The summed E-state index contributed by atoms with van der Waals surface area (Å²) < 4.78 is 4.10. The molecular weight excluding hydrogens is 500 g/mol. The van der Waals surface area contributed by atoms with Gasteiger partial charge in [-0.1, -0.05) is 23.8 Å². The number of Topliss-reactive ketones (excluding diaryl/α,β-unsaturated/α-hetero) is 1. The van der Waals surface area contributed by atoms with Crippen LogP contribution in [0.25, 0.3) is 11.2 Å². The number of imidazole rings is 1. The second-order valence-corrected chi connectivity index (χ2v) is 10.4. The number of aryl methyl sites for hydroxylation is 1. The van der Waals surface area contributed by atoms with Crippen molar-refractivity contribution in [2.24, 2.45) is 12.8 Å². The van der Waals surface area contributed by atoms with Crippen molar-refractivity contribution >= 4 is 34.6 Å². The number of urea groups is 1. The number of nitrogens with zero attached hydrogens (tertiary/aromatic N) is 6. The Bertz CT molecular complexity index is 1590. The molecule has 1 aromatic carbocycles. The van der Waals surface area contributed by atoms with Crippen LogP contribution < -0.4 is 32.1 Å². The summed E-state index contributed by atoms with van der Waals surface area (Å²) in [6.07, 6.45) is 3.82. The minimum atomic E-state index is -0.621. The first-order chi connectivity index (χ1) is 18.7. The molecule has 0 aliphatic carbocycles. The predicted molar refractivity (Wildman–Crippen MR) is 150 cm³/mol. The molecular formula is C27H34N8O4. The minimum Gasteiger partial charge on any atom is -0.341 e. The third-order valence-electron chi connectivity index (χ3n) is 7.27. The summed E-state index contributed by atoms with van der Waals surface area (Å²) >= 11 is 0. The van der Waals surface area contributed by atoms with Gasteiger partial charge in [-0.2, -0.15) is 4.98 Å². The van der Waals surface area contributed by atoms with E-state index in [0.717, 1.165) is 29.5 Å². The first-order valence-corrected chi connectivity index (χ1v) is 13.2. The van der Waals surface area contributed by atoms with E-state index in [0.29, 0.717) is 43.4 Å². The number of allylic oxidation sites excluding steroid dienone is 2. The zero-order valence-corrected chi connectivity index (χ0v) is 22.5. The normalized spacial score (nSPS) is 17.5. The molecule has 4 heterocycles. The highest BCUT2D eigenvalue weighted by Gasteiger charge is 2.27. The summed E-state index contributed by atoms with van der Waals surface area (Å²) in [5, 5.41) is 2.74. The van der Waals surface area contributed by atoms with E-state index in [1.54, 1.807) is 36.2 Å². The van der Waals surface area contributed by atoms with Gasteiger partial charge in [0, 0.05) is 57.1 Å². The quantitative estimate of drug-likeness (QED) is 0.343. The fourth-order valence-corrected chi connectivity index (χ4v) is 5.18. The smallest absolute Gasteiger partial charge is 0.332 e. The summed E-state index contributed by atoms with van der Waals surface area (Å²) in [6, 6.07) is 6.42. The van der Waals surface area contributed by atoms with Crippen LogP contribution in [0.3, 0.4) is 0 Å². The molecule has 1 atom stereocenters. The number of rotatable bonds is 7. The van der Waals surface area contributed by atoms with E-state index in [1.807, 2.05) is 24.5 Å². The monoisotopic (exact) mass is 534 g/mol. The maximum Gasteiger partial charge on any atom is 0.332 e. The number of carbonyl (C=O) groups is 2. The Kier molecular flexibility index (Phi) is 7.13. The van der Waals surface area contributed by atoms with Crippen molar-refractivity contribution in [2.45, 2.75) is 45.8 Å². The van der Waals surface area contributed by atoms with Gasteiger partial charge in [0.15, 0.2) is 16.9 Å². The van der Waals surface area contributed by atoms with Crippen LogP contribution in [0.15, 0.2) is 45.5 Å². The number of aromatic nitrogens is 4. The topological polar surface area (TPSA) is 140 Å². The lowest BCUT2D eigenvalue weighted by Crippen LogP contribution is -2.44. The molecule has 0 radical (unpaired) electrons. The summed E-state index contributed by atoms with van der Waals surface area (Å²) in [5.74, 6) is 0.179. The van der Waals surface area contributed by atoms with Crippen molar-refractivity contribution in [3.63, 3.8) is 0 Å². The molecule has 1 unspecified atom stereocenters. The lowest BCUT2D eigenvalue weighted by atomic mass is 10.1. The number of hydrogen-bond donors (Lipinski definition) is 2. The minimum absolute atomic E-state index is 0.00374. The van der Waals surface area contributed by atoms with Crippen LogP contribution in [0.5, 0.6) is 0 Å². The lowest BCUT2D eigenvalue weighted by molar-refractivity contribution is 0.0969. The van der Waals surface area contributed by atoms with Crippen LogP contribution in [0.4, 0.5) is 16.4 Å². The van der Waals surface area contributed by atoms with Gasteiger partial charge in [-0.3, -0.25) is 23.6 Å². The predicted octanol–water partition coefficient (Wildman–Crippen LogP) is 1.20. The average molecular weight is 535 g/mol. The number of carbonyl (C=O) groups excluding carboxylic acids is 2. The maximum atomic E-state index is 13.8. The van der Waals surface area contributed by atoms with Crippen LogP contribution in [0.2, 0.25) is 0 Å². The average Bonchev–Trinajstić information content (AvgIpc) is 3.52. The number of nitrogens with one attached hydrogen (secondary N) is 1. The number of nitrogens with two attached hydrogens (primary N) is 1. The lowest BCUT2D eigenvalue weighted by Gasteiger charge is -2.31. The molecule has 12 nitrogen and oxygen atoms in total. The zero-order chi connectivity index (χ0) is 27.8. The maximum absolute atomic E-state index is 13.8. The van der Waals surface area contributed by atoms with E-state index in [-0.39, 0.29) is 23.2 Å². The van der Waals surface area contributed by atoms with Gasteiger partial charge in [0.05, 0.1) is 6.54 Å². The molecule has 2 aromatic heterocycles. The van der Waals surface area contributed by atoms with Crippen LogP contribution in [-0.4, -0.2) is 62.7 Å². The molecule has 2 aliphatic heterocycles. The molecule has 0 saturated carbocycles. The molecule has 2 fully saturated rings. The highest BCUT2D eigenvalue weighted by molar-refractivity contribution is 5.99. The van der Waals surface area contributed by atoms with E-state index in [2.05, 4.69) is 10.2 Å². The van der Waals surface area contributed by atoms with Gasteiger partial charge in [-0.25, -0.2) is 9.59 Å². The fourth-order valence-electron chi connectivity index (χ4n) is 5.18. The van der Waals surface area contributed by atoms with E-state index < -0.39 is 23.6 Å². The van der Waals surface area contributed by atoms with Crippen molar-refractivity contribution in [2.75, 3.05) is 36.0 Å². The molecule has 2 saturated heterocycles. The Hall–Kier alpha value is -4.19. The third kappa shape index (κ3) is 4.99. The van der Waals surface area contributed by atoms with Crippen molar-refractivity contribution in [1.29, 1.82) is 0 Å². The van der Waals surface area contributed by atoms with Gasteiger partial charge in [0.25, 0.3) is 5.56 Å². The third-order valence-corrected chi connectivity index (χ3v) is 7.27. The first-order valence-electron chi connectivity index (χ1n) is 13.2. The Balaban J connectivity index is 1.57. The SMILES string of the molecule is CC(C)=CCn1c(N2CCCC(N)C2)nc2c1c(=O)n(CC(=O)c1cccc(N3CCNC3=O)c1)c(=O)n2C. The van der Waals surface area contributed by atoms with E-state index in [1.165, 1.54) is 4.57 Å². The Morgan fingerprint density at radius 1 is 1.18 bits per heavy atom. The molecule has 0 bridgehead atoms. The number of anilines is 2. The summed E-state index contributed by atoms with van der Waals surface area (Å²) in [4.78, 5) is 60.9. The van der Waals surface area contributed by atoms with E-state index in [4.69, 9.17) is 10.7 Å². The standard InChI is InChI=1S/C27H34N8O4/c1-17(2)9-12-34-22-23(30-25(34)32-11-5-7-19(28)15-32)31(3)27(39)35(24(22)37)16-21(36)18-6-4-8-20(14-18)33-13-10-29-26(33)38/h4,6,8-9,14,19H,5,7,10-13,15-16,28H2,1-3H3,(H,29,38). The molecule has 2 aliphatic rings. The molecule has 5 rings (SSSR count). The second-order valence-electron chi connectivity index (χ2n) is 10.4. The van der Waals surface area contributed by atoms with Crippen LogP contribution >= 0.6 is 0 Å². The van der Waals surface area contributed by atoms with Crippen LogP contribution in [0.1, 0.15) is 37.0 Å². The zero-order valence-electron chi connectivity index (χ0n) is 22.5. The number of ketones is 1. The molecule has 3 aromatic rings. The van der Waals surface area contributed by atoms with E-state index in [9.17, 15) is 19.2 Å². The summed E-state index contributed by atoms with van der Waals surface area (Å²) in [6.45, 7) is 6.27. The number of piperidine rings is 1. The summed E-state index contributed by atoms with van der Waals surface area (Å²) in [5.41, 5.74) is 7.53. The van der Waals surface area contributed by atoms with Crippen LogP contribution in [-0.2, 0) is 20.1 Å². The Morgan fingerprint density at radius 3 is 2.67 bits per heavy atom. The Morgan fingerprint density at radius 2 is 1.97 bits per heavy atom. The Labute approximate surface area is 225 Å². The van der Waals surface area contributed by atoms with Crippen LogP contribution in [0, 0.1) is 0 Å². The molecule has 2 amide bonds. The van der Waals surface area contributed by atoms with Gasteiger partial charge in [0.1, 0.15) is 0 Å². The summed E-state index contributed by atoms with van der Waals surface area (Å²) in [7, 11) is 1.56.